The van der Waals surface area contributed by atoms with Crippen LogP contribution in [-0.2, 0) is 6.42 Å². The highest BCUT2D eigenvalue weighted by molar-refractivity contribution is 5.98. The lowest BCUT2D eigenvalue weighted by molar-refractivity contribution is -0.384. The molecule has 0 saturated heterocycles. The Labute approximate surface area is 115 Å². The number of nitro groups is 1. The second-order valence-corrected chi connectivity index (χ2v) is 4.54. The summed E-state index contributed by atoms with van der Waals surface area (Å²) >= 11 is 0. The first-order valence-electron chi connectivity index (χ1n) is 5.99. The predicted molar refractivity (Wildman–Crippen MR) is 72.3 cm³/mol. The molecule has 0 heterocycles. The van der Waals surface area contributed by atoms with Gasteiger partial charge in [-0.25, -0.2) is 4.39 Å². The molecule has 0 bridgehead atoms. The third-order valence-electron chi connectivity index (χ3n) is 2.85. The molecule has 4 nitrogen and oxygen atoms in total. The van der Waals surface area contributed by atoms with E-state index in [4.69, 9.17) is 0 Å². The lowest BCUT2D eigenvalue weighted by atomic mass is 10.0. The van der Waals surface area contributed by atoms with Crippen molar-refractivity contribution >= 4 is 11.5 Å². The fraction of sp³-hybridized carbons (Fsp3) is 0.133. The molecule has 102 valence electrons. The maximum Gasteiger partial charge on any atom is 0.270 e. The minimum atomic E-state index is -0.536. The molecule has 0 aromatic heterocycles. The molecule has 0 fully saturated rings. The van der Waals surface area contributed by atoms with Crippen LogP contribution in [0.3, 0.4) is 0 Å². The van der Waals surface area contributed by atoms with Gasteiger partial charge in [0.1, 0.15) is 5.82 Å². The van der Waals surface area contributed by atoms with E-state index < -0.39 is 10.7 Å². The van der Waals surface area contributed by atoms with Crippen LogP contribution in [0.5, 0.6) is 0 Å². The zero-order chi connectivity index (χ0) is 14.7. The number of nitrogens with zero attached hydrogens (tertiary/aromatic N) is 1. The summed E-state index contributed by atoms with van der Waals surface area (Å²) in [6.45, 7) is 1.69. The Morgan fingerprint density at radius 1 is 1.25 bits per heavy atom. The fourth-order valence-corrected chi connectivity index (χ4v) is 1.96. The molecular weight excluding hydrogens is 261 g/mol. The number of carbonyl (C=O) groups excluding carboxylic acids is 1. The van der Waals surface area contributed by atoms with Crippen LogP contribution >= 0.6 is 0 Å². The lowest BCUT2D eigenvalue weighted by Gasteiger charge is -2.03. The second kappa shape index (κ2) is 5.61. The summed E-state index contributed by atoms with van der Waals surface area (Å²) in [5.41, 5.74) is 1.33. The van der Waals surface area contributed by atoms with Gasteiger partial charge in [-0.15, -0.1) is 0 Å². The molecule has 0 spiro atoms. The smallest absolute Gasteiger partial charge is 0.270 e. The van der Waals surface area contributed by atoms with Crippen LogP contribution in [0.2, 0.25) is 0 Å². The molecule has 2 aromatic carbocycles. The molecule has 0 unspecified atom stereocenters. The zero-order valence-electron chi connectivity index (χ0n) is 10.8. The summed E-state index contributed by atoms with van der Waals surface area (Å²) in [5.74, 6) is -0.687. The van der Waals surface area contributed by atoms with Crippen molar-refractivity contribution in [1.29, 1.82) is 0 Å². The van der Waals surface area contributed by atoms with E-state index in [0.29, 0.717) is 11.1 Å². The quantitative estimate of drug-likeness (QED) is 0.487. The third-order valence-corrected chi connectivity index (χ3v) is 2.85. The first-order chi connectivity index (χ1) is 9.45. The molecule has 20 heavy (non-hydrogen) atoms. The lowest BCUT2D eigenvalue weighted by Crippen LogP contribution is -2.05. The summed E-state index contributed by atoms with van der Waals surface area (Å²) in [5, 5.41) is 10.8. The number of benzene rings is 2. The highest BCUT2D eigenvalue weighted by Crippen LogP contribution is 2.18. The van der Waals surface area contributed by atoms with E-state index in [9.17, 15) is 19.3 Å². The van der Waals surface area contributed by atoms with Gasteiger partial charge in [-0.05, 0) is 36.2 Å². The van der Waals surface area contributed by atoms with E-state index in [1.807, 2.05) is 0 Å². The minimum Gasteiger partial charge on any atom is -0.294 e. The average Bonchev–Trinajstić information content (AvgIpc) is 2.37. The van der Waals surface area contributed by atoms with Crippen molar-refractivity contribution in [3.05, 3.63) is 75.1 Å². The molecule has 0 amide bonds. The number of aryl methyl sites for hydroxylation is 1. The van der Waals surface area contributed by atoms with E-state index in [-0.39, 0.29) is 23.5 Å². The van der Waals surface area contributed by atoms with E-state index in [2.05, 4.69) is 0 Å². The molecule has 5 heteroatoms. The van der Waals surface area contributed by atoms with Crippen molar-refractivity contribution in [2.24, 2.45) is 0 Å². The Bertz CT molecular complexity index is 683. The van der Waals surface area contributed by atoms with Crippen LogP contribution in [0.25, 0.3) is 0 Å². The zero-order valence-corrected chi connectivity index (χ0v) is 10.8. The first-order valence-corrected chi connectivity index (χ1v) is 5.99. The monoisotopic (exact) mass is 273 g/mol. The van der Waals surface area contributed by atoms with Crippen molar-refractivity contribution in [2.75, 3.05) is 0 Å². The molecule has 0 radical (unpaired) electrons. The maximum absolute atomic E-state index is 13.1. The molecule has 2 aromatic rings. The number of Topliss-reactive ketones (excluding diaryl/α,β-unsaturated/α-hetero) is 1. The Balaban J connectivity index is 2.27. The summed E-state index contributed by atoms with van der Waals surface area (Å²) in [7, 11) is 0. The summed E-state index contributed by atoms with van der Waals surface area (Å²) in [6, 6.07) is 9.98. The van der Waals surface area contributed by atoms with Crippen molar-refractivity contribution in [3.8, 4) is 0 Å². The molecule has 0 aliphatic carbocycles. The SMILES string of the molecule is Cc1cc(C(=O)Cc2cccc(F)c2)cc([N+](=O)[O-])c1. The van der Waals surface area contributed by atoms with Crippen LogP contribution in [0.4, 0.5) is 10.1 Å². The van der Waals surface area contributed by atoms with Crippen molar-refractivity contribution < 1.29 is 14.1 Å². The molecular formula is C15H12FNO3. The van der Waals surface area contributed by atoms with Crippen LogP contribution in [-0.4, -0.2) is 10.7 Å². The maximum atomic E-state index is 13.1. The van der Waals surface area contributed by atoms with Gasteiger partial charge in [-0.1, -0.05) is 12.1 Å². The first kappa shape index (κ1) is 13.9. The van der Waals surface area contributed by atoms with Gasteiger partial charge in [-0.2, -0.15) is 0 Å². The Morgan fingerprint density at radius 3 is 2.65 bits per heavy atom. The second-order valence-electron chi connectivity index (χ2n) is 4.54. The number of nitro benzene ring substituents is 1. The minimum absolute atomic E-state index is 0.0123. The third kappa shape index (κ3) is 3.26. The van der Waals surface area contributed by atoms with Gasteiger partial charge in [0.25, 0.3) is 5.69 Å². The molecule has 0 aliphatic heterocycles. The Hall–Kier alpha value is -2.56. The van der Waals surface area contributed by atoms with Crippen molar-refractivity contribution in [1.82, 2.24) is 0 Å². The van der Waals surface area contributed by atoms with Gasteiger partial charge >= 0.3 is 0 Å². The largest absolute Gasteiger partial charge is 0.294 e. The average molecular weight is 273 g/mol. The number of rotatable bonds is 4. The summed E-state index contributed by atoms with van der Waals surface area (Å²) in [4.78, 5) is 22.3. The van der Waals surface area contributed by atoms with E-state index in [1.54, 1.807) is 19.1 Å². The molecule has 0 saturated carbocycles. The Kier molecular flexibility index (Phi) is 3.89. The van der Waals surface area contributed by atoms with Crippen molar-refractivity contribution in [3.63, 3.8) is 0 Å². The van der Waals surface area contributed by atoms with Gasteiger partial charge in [0.2, 0.25) is 0 Å². The summed E-state index contributed by atoms with van der Waals surface area (Å²) in [6.07, 6.45) is 0.0123. The van der Waals surface area contributed by atoms with E-state index in [0.717, 1.165) is 0 Å². The highest BCUT2D eigenvalue weighted by Gasteiger charge is 2.14. The number of hydrogen-bond acceptors (Lipinski definition) is 3. The van der Waals surface area contributed by atoms with Gasteiger partial charge in [0.15, 0.2) is 5.78 Å². The number of halogens is 1. The van der Waals surface area contributed by atoms with Crippen LogP contribution in [0.1, 0.15) is 21.5 Å². The van der Waals surface area contributed by atoms with Gasteiger partial charge in [0, 0.05) is 24.1 Å². The van der Waals surface area contributed by atoms with Crippen LogP contribution in [0.15, 0.2) is 42.5 Å². The fourth-order valence-electron chi connectivity index (χ4n) is 1.96. The van der Waals surface area contributed by atoms with Gasteiger partial charge in [0.05, 0.1) is 4.92 Å². The molecule has 2 rings (SSSR count). The molecule has 0 aliphatic rings. The van der Waals surface area contributed by atoms with E-state index in [1.165, 1.54) is 30.3 Å². The molecule has 0 atom stereocenters. The highest BCUT2D eigenvalue weighted by atomic mass is 19.1. The number of carbonyl (C=O) groups is 1. The van der Waals surface area contributed by atoms with E-state index >= 15 is 0 Å². The van der Waals surface area contributed by atoms with Gasteiger partial charge in [-0.3, -0.25) is 14.9 Å². The number of ketones is 1. The van der Waals surface area contributed by atoms with Crippen LogP contribution in [0, 0.1) is 22.9 Å². The Morgan fingerprint density at radius 2 is 2.00 bits per heavy atom. The predicted octanol–water partition coefficient (Wildman–Crippen LogP) is 3.47. The normalized spacial score (nSPS) is 10.3. The number of hydrogen-bond donors (Lipinski definition) is 0. The number of non-ortho nitro benzene ring substituents is 1. The van der Waals surface area contributed by atoms with Crippen LogP contribution < -0.4 is 0 Å². The molecule has 0 N–H and O–H groups in total. The standard InChI is InChI=1S/C15H12FNO3/c1-10-5-12(9-14(6-10)17(19)20)15(18)8-11-3-2-4-13(16)7-11/h2-7,9H,8H2,1H3. The summed E-state index contributed by atoms with van der Waals surface area (Å²) < 4.78 is 13.1. The van der Waals surface area contributed by atoms with Crippen molar-refractivity contribution in [2.45, 2.75) is 13.3 Å². The van der Waals surface area contributed by atoms with Gasteiger partial charge < -0.3 is 0 Å². The topological polar surface area (TPSA) is 60.2 Å².